The molecule has 3 heterocycles. The molecule has 0 aliphatic carbocycles. The van der Waals surface area contributed by atoms with Gasteiger partial charge in [-0.15, -0.1) is 0 Å². The van der Waals surface area contributed by atoms with E-state index < -0.39 is 5.54 Å². The van der Waals surface area contributed by atoms with Crippen LogP contribution in [-0.2, 0) is 16.0 Å². The average Bonchev–Trinajstić information content (AvgIpc) is 3.09. The number of fused-ring (bicyclic) bond motifs is 2. The topological polar surface area (TPSA) is 90.1 Å². The number of imidazole rings is 1. The molecule has 2 aliphatic rings. The van der Waals surface area contributed by atoms with Gasteiger partial charge in [0.05, 0.1) is 28.8 Å². The summed E-state index contributed by atoms with van der Waals surface area (Å²) < 4.78 is 0. The standard InChI is InChI=1S/C22H23N5O2/c1-14-23-17-7-6-15(12-19(17)24-14)13-20(28)27-10-8-22(9-11-27)21(29)25-16-4-2-3-5-18(16)26-22/h2-7,12,26H,8-11,13H2,1H3,(H,23,24)(H,25,29). The van der Waals surface area contributed by atoms with Crippen LogP contribution in [0.1, 0.15) is 24.2 Å². The molecule has 1 aromatic heterocycles. The Morgan fingerprint density at radius 2 is 1.90 bits per heavy atom. The third-order valence-electron chi connectivity index (χ3n) is 5.97. The van der Waals surface area contributed by atoms with Crippen LogP contribution in [0.5, 0.6) is 0 Å². The number of aromatic amines is 1. The number of anilines is 2. The maximum absolute atomic E-state index is 12.8. The molecule has 3 aromatic rings. The fourth-order valence-electron chi connectivity index (χ4n) is 4.33. The summed E-state index contributed by atoms with van der Waals surface area (Å²) in [4.78, 5) is 35.1. The van der Waals surface area contributed by atoms with E-state index in [4.69, 9.17) is 0 Å². The number of rotatable bonds is 2. The number of amides is 2. The molecule has 3 N–H and O–H groups in total. The Morgan fingerprint density at radius 1 is 1.14 bits per heavy atom. The lowest BCUT2D eigenvalue weighted by molar-refractivity contribution is -0.134. The zero-order chi connectivity index (χ0) is 20.0. The summed E-state index contributed by atoms with van der Waals surface area (Å²) in [5, 5.41) is 6.44. The molecule has 7 nitrogen and oxygen atoms in total. The summed E-state index contributed by atoms with van der Waals surface area (Å²) in [5.41, 5.74) is 3.94. The minimum absolute atomic E-state index is 0.0108. The number of hydrogen-bond acceptors (Lipinski definition) is 4. The van der Waals surface area contributed by atoms with Gasteiger partial charge in [0.2, 0.25) is 11.8 Å². The molecule has 0 saturated carbocycles. The second-order valence-electron chi connectivity index (χ2n) is 7.94. The lowest BCUT2D eigenvalue weighted by Gasteiger charge is -2.44. The van der Waals surface area contributed by atoms with Crippen molar-refractivity contribution in [3.63, 3.8) is 0 Å². The highest BCUT2D eigenvalue weighted by Gasteiger charge is 2.44. The van der Waals surface area contributed by atoms with E-state index in [0.29, 0.717) is 32.4 Å². The number of nitrogens with one attached hydrogen (secondary N) is 3. The predicted molar refractivity (Wildman–Crippen MR) is 112 cm³/mol. The number of hydrogen-bond donors (Lipinski definition) is 3. The molecule has 1 spiro atoms. The van der Waals surface area contributed by atoms with E-state index in [-0.39, 0.29) is 11.8 Å². The van der Waals surface area contributed by atoms with Crippen molar-refractivity contribution in [2.75, 3.05) is 23.7 Å². The van der Waals surface area contributed by atoms with Gasteiger partial charge < -0.3 is 20.5 Å². The molecule has 0 atom stereocenters. The van der Waals surface area contributed by atoms with Gasteiger partial charge in [-0.05, 0) is 49.6 Å². The quantitative estimate of drug-likeness (QED) is 0.629. The monoisotopic (exact) mass is 389 g/mol. The van der Waals surface area contributed by atoms with Gasteiger partial charge in [0, 0.05) is 13.1 Å². The van der Waals surface area contributed by atoms with E-state index in [0.717, 1.165) is 33.8 Å². The summed E-state index contributed by atoms with van der Waals surface area (Å²) in [6.45, 7) is 3.04. The molecule has 0 radical (unpaired) electrons. The fraction of sp³-hybridized carbons (Fsp3) is 0.318. The zero-order valence-corrected chi connectivity index (χ0v) is 16.3. The number of para-hydroxylation sites is 2. The maximum Gasteiger partial charge on any atom is 0.250 e. The fourth-order valence-corrected chi connectivity index (χ4v) is 4.33. The number of carbonyl (C=O) groups is 2. The van der Waals surface area contributed by atoms with E-state index in [1.165, 1.54) is 0 Å². The van der Waals surface area contributed by atoms with Crippen LogP contribution in [0.4, 0.5) is 11.4 Å². The number of aromatic nitrogens is 2. The van der Waals surface area contributed by atoms with Crippen molar-refractivity contribution >= 4 is 34.2 Å². The molecule has 29 heavy (non-hydrogen) atoms. The second-order valence-corrected chi connectivity index (χ2v) is 7.94. The molecular weight excluding hydrogens is 366 g/mol. The second kappa shape index (κ2) is 6.62. The van der Waals surface area contributed by atoms with E-state index in [9.17, 15) is 9.59 Å². The van der Waals surface area contributed by atoms with Crippen molar-refractivity contribution in [3.05, 3.63) is 53.9 Å². The number of aryl methyl sites for hydroxylation is 1. The maximum atomic E-state index is 12.8. The van der Waals surface area contributed by atoms with Crippen LogP contribution in [0.2, 0.25) is 0 Å². The third kappa shape index (κ3) is 3.12. The van der Waals surface area contributed by atoms with E-state index in [1.54, 1.807) is 0 Å². The van der Waals surface area contributed by atoms with E-state index >= 15 is 0 Å². The van der Waals surface area contributed by atoms with Crippen LogP contribution in [0.3, 0.4) is 0 Å². The Labute approximate surface area is 168 Å². The highest BCUT2D eigenvalue weighted by molar-refractivity contribution is 6.06. The average molecular weight is 389 g/mol. The molecule has 5 rings (SSSR count). The first-order valence-corrected chi connectivity index (χ1v) is 9.94. The van der Waals surface area contributed by atoms with Crippen molar-refractivity contribution in [2.24, 2.45) is 0 Å². The van der Waals surface area contributed by atoms with Crippen molar-refractivity contribution in [3.8, 4) is 0 Å². The number of piperidine rings is 1. The molecule has 0 unspecified atom stereocenters. The highest BCUT2D eigenvalue weighted by atomic mass is 16.2. The van der Waals surface area contributed by atoms with Gasteiger partial charge in [-0.25, -0.2) is 4.98 Å². The number of nitrogens with zero attached hydrogens (tertiary/aromatic N) is 2. The Kier molecular flexibility index (Phi) is 4.04. The number of carbonyl (C=O) groups excluding carboxylic acids is 2. The largest absolute Gasteiger partial charge is 0.369 e. The zero-order valence-electron chi connectivity index (χ0n) is 16.3. The first-order chi connectivity index (χ1) is 14.0. The number of H-pyrrole nitrogens is 1. The first-order valence-electron chi connectivity index (χ1n) is 9.94. The highest BCUT2D eigenvalue weighted by Crippen LogP contribution is 2.36. The van der Waals surface area contributed by atoms with Crippen LogP contribution in [0.15, 0.2) is 42.5 Å². The van der Waals surface area contributed by atoms with Crippen LogP contribution in [-0.4, -0.2) is 45.3 Å². The molecular formula is C22H23N5O2. The predicted octanol–water partition coefficient (Wildman–Crippen LogP) is 2.84. The Hall–Kier alpha value is -3.35. The summed E-state index contributed by atoms with van der Waals surface area (Å²) in [7, 11) is 0. The van der Waals surface area contributed by atoms with Crippen molar-refractivity contribution in [2.45, 2.75) is 31.7 Å². The Bertz CT molecular complexity index is 1110. The van der Waals surface area contributed by atoms with E-state index in [1.807, 2.05) is 54.3 Å². The first kappa shape index (κ1) is 17.7. The van der Waals surface area contributed by atoms with Gasteiger partial charge in [0.25, 0.3) is 0 Å². The van der Waals surface area contributed by atoms with Crippen molar-refractivity contribution in [1.82, 2.24) is 14.9 Å². The lowest BCUT2D eigenvalue weighted by atomic mass is 9.84. The van der Waals surface area contributed by atoms with Gasteiger partial charge in [-0.2, -0.15) is 0 Å². The molecule has 2 aromatic carbocycles. The smallest absolute Gasteiger partial charge is 0.250 e. The Balaban J connectivity index is 1.26. The molecule has 1 fully saturated rings. The lowest BCUT2D eigenvalue weighted by Crippen LogP contribution is -2.59. The van der Waals surface area contributed by atoms with Crippen LogP contribution in [0, 0.1) is 6.92 Å². The number of benzene rings is 2. The van der Waals surface area contributed by atoms with Gasteiger partial charge in [0.15, 0.2) is 0 Å². The summed E-state index contributed by atoms with van der Waals surface area (Å²) >= 11 is 0. The molecule has 0 bridgehead atoms. The summed E-state index contributed by atoms with van der Waals surface area (Å²) in [6, 6.07) is 13.6. The third-order valence-corrected chi connectivity index (χ3v) is 5.97. The van der Waals surface area contributed by atoms with Crippen LogP contribution in [0.25, 0.3) is 11.0 Å². The van der Waals surface area contributed by atoms with Crippen molar-refractivity contribution in [1.29, 1.82) is 0 Å². The molecule has 7 heteroatoms. The van der Waals surface area contributed by atoms with Gasteiger partial charge in [-0.3, -0.25) is 9.59 Å². The van der Waals surface area contributed by atoms with Crippen LogP contribution >= 0.6 is 0 Å². The van der Waals surface area contributed by atoms with Gasteiger partial charge in [0.1, 0.15) is 11.4 Å². The van der Waals surface area contributed by atoms with Gasteiger partial charge >= 0.3 is 0 Å². The normalized spacial score (nSPS) is 17.7. The SMILES string of the molecule is Cc1nc2ccc(CC(=O)N3CCC4(CC3)Nc3ccccc3NC4=O)cc2[nH]1. The molecule has 2 aliphatic heterocycles. The summed E-state index contributed by atoms with van der Waals surface area (Å²) in [6.07, 6.45) is 1.54. The molecule has 1 saturated heterocycles. The minimum Gasteiger partial charge on any atom is -0.369 e. The Morgan fingerprint density at radius 3 is 2.69 bits per heavy atom. The van der Waals surface area contributed by atoms with Crippen molar-refractivity contribution < 1.29 is 9.59 Å². The molecule has 2 amide bonds. The molecule has 148 valence electrons. The number of likely N-dealkylation sites (tertiary alicyclic amines) is 1. The summed E-state index contributed by atoms with van der Waals surface area (Å²) in [5.74, 6) is 0.944. The van der Waals surface area contributed by atoms with Crippen LogP contribution < -0.4 is 10.6 Å². The van der Waals surface area contributed by atoms with E-state index in [2.05, 4.69) is 20.6 Å². The minimum atomic E-state index is -0.641. The van der Waals surface area contributed by atoms with Gasteiger partial charge in [-0.1, -0.05) is 18.2 Å².